The predicted octanol–water partition coefficient (Wildman–Crippen LogP) is 4.12. The lowest BCUT2D eigenvalue weighted by Crippen LogP contribution is -2.49. The summed E-state index contributed by atoms with van der Waals surface area (Å²) in [7, 11) is 2.03. The van der Waals surface area contributed by atoms with Crippen LogP contribution >= 0.6 is 0 Å². The number of carbonyl (C=O) groups is 1. The molecule has 0 aliphatic carbocycles. The van der Waals surface area contributed by atoms with Crippen LogP contribution in [0.25, 0.3) is 0 Å². The first-order valence-corrected chi connectivity index (χ1v) is 14.3. The summed E-state index contributed by atoms with van der Waals surface area (Å²) in [4.78, 5) is 21.5. The summed E-state index contributed by atoms with van der Waals surface area (Å²) in [5, 5.41) is 25.1. The molecule has 0 radical (unpaired) electrons. The molecule has 1 aliphatic heterocycles. The topological polar surface area (TPSA) is 85.3 Å². The maximum atomic E-state index is 13.3. The van der Waals surface area contributed by atoms with E-state index in [0.717, 1.165) is 42.6 Å². The van der Waals surface area contributed by atoms with E-state index in [9.17, 15) is 15.0 Å². The van der Waals surface area contributed by atoms with Crippen LogP contribution in [-0.2, 0) is 16.2 Å². The normalized spacial score (nSPS) is 19.8. The zero-order valence-corrected chi connectivity index (χ0v) is 23.7. The summed E-state index contributed by atoms with van der Waals surface area (Å²) >= 11 is 0. The van der Waals surface area contributed by atoms with Crippen LogP contribution in [0.4, 0.5) is 5.69 Å². The number of nitrogens with zero attached hydrogens (tertiary/aromatic N) is 2. The highest BCUT2D eigenvalue weighted by atomic mass is 16.7. The Labute approximate surface area is 234 Å². The highest BCUT2D eigenvalue weighted by molar-refractivity contribution is 5.82. The molecule has 1 fully saturated rings. The summed E-state index contributed by atoms with van der Waals surface area (Å²) in [6.07, 6.45) is 5.05. The summed E-state index contributed by atoms with van der Waals surface area (Å²) in [5.74, 6) is 5.73. The summed E-state index contributed by atoms with van der Waals surface area (Å²) in [5.41, 5.74) is 3.05. The van der Waals surface area contributed by atoms with Gasteiger partial charge in [0.05, 0.1) is 19.3 Å². The van der Waals surface area contributed by atoms with Crippen LogP contribution in [0.5, 0.6) is 0 Å². The van der Waals surface area contributed by atoms with Crippen molar-refractivity contribution < 1.29 is 19.8 Å². The summed E-state index contributed by atoms with van der Waals surface area (Å²) < 4.78 is 0. The van der Waals surface area contributed by atoms with Crippen molar-refractivity contribution in [2.45, 2.75) is 77.2 Å². The molecule has 3 rings (SSSR count). The third-order valence-corrected chi connectivity index (χ3v) is 7.23. The van der Waals surface area contributed by atoms with Crippen molar-refractivity contribution in [3.63, 3.8) is 0 Å². The van der Waals surface area contributed by atoms with Gasteiger partial charge in [-0.25, -0.2) is 0 Å². The van der Waals surface area contributed by atoms with Crippen molar-refractivity contribution >= 4 is 11.6 Å². The number of aliphatic hydroxyl groups is 2. The molecule has 1 saturated heterocycles. The molecule has 0 spiro atoms. The molecule has 0 saturated carbocycles. The molecule has 1 amide bonds. The van der Waals surface area contributed by atoms with Crippen molar-refractivity contribution in [2.75, 3.05) is 31.6 Å². The van der Waals surface area contributed by atoms with Gasteiger partial charge in [-0.2, -0.15) is 5.06 Å². The van der Waals surface area contributed by atoms with Gasteiger partial charge in [0.15, 0.2) is 0 Å². The standard InChI is InChI=1S/C32H45N3O4/c1-4-5-6-7-8-10-14-26-17-19-27(20-18-26)23-35-31(30(25(2)37)29(24-36)39-35)32(38)33-21-13-22-34(3)28-15-11-9-12-16-28/h9,11-12,15-20,25,29-31,36-37H,4-8,13,21-24H2,1-3H3,(H,33,38)/t25-,29-,30+,31-/m0/s1. The monoisotopic (exact) mass is 535 g/mol. The Hall–Kier alpha value is -2.89. The zero-order chi connectivity index (χ0) is 28.0. The van der Waals surface area contributed by atoms with Crippen molar-refractivity contribution in [2.24, 2.45) is 5.92 Å². The quantitative estimate of drug-likeness (QED) is 0.249. The number of para-hydroxylation sites is 1. The number of aliphatic hydroxyl groups excluding tert-OH is 2. The lowest BCUT2D eigenvalue weighted by molar-refractivity contribution is -0.181. The number of hydroxylamine groups is 2. The lowest BCUT2D eigenvalue weighted by atomic mass is 9.89. The number of carbonyl (C=O) groups excluding carboxylic acids is 1. The number of benzene rings is 2. The largest absolute Gasteiger partial charge is 0.394 e. The second-order valence-corrected chi connectivity index (χ2v) is 10.4. The number of anilines is 1. The molecule has 39 heavy (non-hydrogen) atoms. The van der Waals surface area contributed by atoms with Crippen molar-refractivity contribution in [3.05, 3.63) is 65.7 Å². The minimum absolute atomic E-state index is 0.204. The molecule has 212 valence electrons. The Morgan fingerprint density at radius 1 is 1.10 bits per heavy atom. The number of unbranched alkanes of at least 4 members (excludes halogenated alkanes) is 4. The van der Waals surface area contributed by atoms with Gasteiger partial charge in [0.2, 0.25) is 5.91 Å². The van der Waals surface area contributed by atoms with Crippen LogP contribution in [0.2, 0.25) is 0 Å². The molecular weight excluding hydrogens is 490 g/mol. The van der Waals surface area contributed by atoms with E-state index in [0.29, 0.717) is 13.1 Å². The van der Waals surface area contributed by atoms with E-state index < -0.39 is 24.2 Å². The van der Waals surface area contributed by atoms with E-state index in [4.69, 9.17) is 4.84 Å². The summed E-state index contributed by atoms with van der Waals surface area (Å²) in [6.45, 7) is 5.23. The first-order valence-electron chi connectivity index (χ1n) is 14.3. The Morgan fingerprint density at radius 3 is 2.51 bits per heavy atom. The minimum Gasteiger partial charge on any atom is -0.394 e. The van der Waals surface area contributed by atoms with Crippen LogP contribution in [0.15, 0.2) is 54.6 Å². The fourth-order valence-corrected chi connectivity index (χ4v) is 5.00. The number of hydrogen-bond donors (Lipinski definition) is 3. The minimum atomic E-state index is -0.818. The zero-order valence-electron chi connectivity index (χ0n) is 23.7. The highest BCUT2D eigenvalue weighted by Crippen LogP contribution is 2.32. The van der Waals surface area contributed by atoms with Gasteiger partial charge in [-0.15, -0.1) is 0 Å². The SMILES string of the molecule is CCCCCCC#Cc1ccc(CN2O[C@@H](CO)[C@@H]([C@H](C)O)[C@H]2C(=O)NCCCN(C)c2ccccc2)cc1. The Morgan fingerprint density at radius 2 is 1.85 bits per heavy atom. The van der Waals surface area contributed by atoms with Crippen LogP contribution < -0.4 is 10.2 Å². The summed E-state index contributed by atoms with van der Waals surface area (Å²) in [6, 6.07) is 17.4. The van der Waals surface area contributed by atoms with Gasteiger partial charge in [0, 0.05) is 43.7 Å². The van der Waals surface area contributed by atoms with E-state index in [-0.39, 0.29) is 12.5 Å². The molecule has 0 aromatic heterocycles. The van der Waals surface area contributed by atoms with Gasteiger partial charge >= 0.3 is 0 Å². The van der Waals surface area contributed by atoms with E-state index in [1.165, 1.54) is 19.3 Å². The second-order valence-electron chi connectivity index (χ2n) is 10.4. The van der Waals surface area contributed by atoms with E-state index in [1.807, 2.05) is 49.5 Å². The van der Waals surface area contributed by atoms with Gasteiger partial charge in [0.25, 0.3) is 0 Å². The fourth-order valence-electron chi connectivity index (χ4n) is 5.00. The van der Waals surface area contributed by atoms with Crippen LogP contribution in [-0.4, -0.2) is 66.2 Å². The molecule has 0 unspecified atom stereocenters. The van der Waals surface area contributed by atoms with Gasteiger partial charge in [-0.1, -0.05) is 68.4 Å². The lowest BCUT2D eigenvalue weighted by Gasteiger charge is -2.26. The first-order chi connectivity index (χ1) is 18.9. The molecule has 7 heteroatoms. The average Bonchev–Trinajstić information content (AvgIpc) is 3.32. The van der Waals surface area contributed by atoms with Crippen molar-refractivity contribution in [1.82, 2.24) is 10.4 Å². The number of nitrogens with one attached hydrogen (secondary N) is 1. The Kier molecular flexibility index (Phi) is 12.8. The predicted molar refractivity (Wildman–Crippen MR) is 156 cm³/mol. The van der Waals surface area contributed by atoms with E-state index >= 15 is 0 Å². The van der Waals surface area contributed by atoms with Gasteiger partial charge in [-0.3, -0.25) is 9.63 Å². The number of rotatable bonds is 14. The first kappa shape index (κ1) is 30.6. The maximum Gasteiger partial charge on any atom is 0.240 e. The third kappa shape index (κ3) is 9.36. The van der Waals surface area contributed by atoms with Crippen LogP contribution in [0.1, 0.15) is 63.5 Å². The average molecular weight is 536 g/mol. The van der Waals surface area contributed by atoms with Crippen molar-refractivity contribution in [1.29, 1.82) is 0 Å². The fraction of sp³-hybridized carbons (Fsp3) is 0.531. The second kappa shape index (κ2) is 16.3. The molecule has 2 aromatic carbocycles. The molecule has 7 nitrogen and oxygen atoms in total. The third-order valence-electron chi connectivity index (χ3n) is 7.23. The maximum absolute atomic E-state index is 13.3. The highest BCUT2D eigenvalue weighted by Gasteiger charge is 2.49. The Bertz CT molecular complexity index is 1050. The smallest absolute Gasteiger partial charge is 0.240 e. The Balaban J connectivity index is 1.58. The van der Waals surface area contributed by atoms with Gasteiger partial charge in [-0.05, 0) is 49.6 Å². The van der Waals surface area contributed by atoms with Crippen molar-refractivity contribution in [3.8, 4) is 11.8 Å². The number of hydrogen-bond acceptors (Lipinski definition) is 6. The van der Waals surface area contributed by atoms with Crippen LogP contribution in [0, 0.1) is 17.8 Å². The van der Waals surface area contributed by atoms with E-state index in [2.05, 4.69) is 41.1 Å². The number of amides is 1. The van der Waals surface area contributed by atoms with Gasteiger partial charge in [0.1, 0.15) is 12.1 Å². The molecule has 1 heterocycles. The van der Waals surface area contributed by atoms with Crippen LogP contribution in [0.3, 0.4) is 0 Å². The molecule has 1 aliphatic rings. The van der Waals surface area contributed by atoms with Gasteiger partial charge < -0.3 is 20.4 Å². The molecule has 2 aromatic rings. The molecule has 4 atom stereocenters. The molecule has 0 bridgehead atoms. The van der Waals surface area contributed by atoms with E-state index in [1.54, 1.807) is 12.0 Å². The molecule has 3 N–H and O–H groups in total. The molecular formula is C32H45N3O4.